The summed E-state index contributed by atoms with van der Waals surface area (Å²) in [6, 6.07) is 2.29. The number of likely N-dealkylation sites (tertiary alicyclic amines) is 1. The Kier molecular flexibility index (Phi) is 3.16. The van der Waals surface area contributed by atoms with Gasteiger partial charge in [-0.15, -0.1) is 10.2 Å². The quantitative estimate of drug-likeness (QED) is 0.825. The highest BCUT2D eigenvalue weighted by Gasteiger charge is 2.22. The number of nitrogens with two attached hydrogens (primary N) is 1. The van der Waals surface area contributed by atoms with Crippen molar-refractivity contribution in [1.82, 2.24) is 34.9 Å². The zero-order chi connectivity index (χ0) is 13.2. The lowest BCUT2D eigenvalue weighted by Crippen LogP contribution is -2.34. The summed E-state index contributed by atoms with van der Waals surface area (Å²) >= 11 is 0. The number of aromatic nitrogens is 6. The van der Waals surface area contributed by atoms with Crippen molar-refractivity contribution < 1.29 is 0 Å². The Bertz CT molecular complexity index is 536. The molecule has 0 spiro atoms. The third-order valence-electron chi connectivity index (χ3n) is 3.47. The number of tetrazole rings is 1. The smallest absolute Gasteiger partial charge is 0.188 e. The van der Waals surface area contributed by atoms with Crippen molar-refractivity contribution in [3.05, 3.63) is 18.1 Å². The summed E-state index contributed by atoms with van der Waals surface area (Å²) in [5.41, 5.74) is 5.65. The largest absolute Gasteiger partial charge is 0.382 e. The van der Waals surface area contributed by atoms with Crippen LogP contribution in [-0.4, -0.2) is 48.0 Å². The van der Waals surface area contributed by atoms with Crippen molar-refractivity contribution in [2.45, 2.75) is 25.4 Å². The molecule has 3 rings (SSSR count). The van der Waals surface area contributed by atoms with E-state index in [0.717, 1.165) is 38.3 Å². The minimum absolute atomic E-state index is 0.448. The van der Waals surface area contributed by atoms with E-state index in [0.29, 0.717) is 11.9 Å². The lowest BCUT2D eigenvalue weighted by molar-refractivity contribution is 0.170. The zero-order valence-electron chi connectivity index (χ0n) is 11.0. The number of rotatable bonds is 3. The fraction of sp³-hybridized carbons (Fsp3) is 0.636. The van der Waals surface area contributed by atoms with Gasteiger partial charge in [-0.25, -0.2) is 0 Å². The number of hydrogen-bond acceptors (Lipinski definition) is 6. The third-order valence-corrected chi connectivity index (χ3v) is 3.47. The number of nitrogens with zero attached hydrogens (tertiary/aromatic N) is 7. The second-order valence-corrected chi connectivity index (χ2v) is 4.92. The Hall–Kier alpha value is -1.96. The van der Waals surface area contributed by atoms with Crippen molar-refractivity contribution >= 4 is 5.82 Å². The molecule has 102 valence electrons. The van der Waals surface area contributed by atoms with Gasteiger partial charge < -0.3 is 5.73 Å². The summed E-state index contributed by atoms with van der Waals surface area (Å²) in [5, 5.41) is 16.4. The number of aryl methyl sites for hydroxylation is 1. The molecule has 1 saturated heterocycles. The maximum absolute atomic E-state index is 5.65. The maximum atomic E-state index is 5.65. The summed E-state index contributed by atoms with van der Waals surface area (Å²) in [5.74, 6) is 1.37. The molecule has 2 N–H and O–H groups in total. The molecular weight excluding hydrogens is 244 g/mol. The van der Waals surface area contributed by atoms with Crippen LogP contribution in [0.1, 0.15) is 24.7 Å². The summed E-state index contributed by atoms with van der Waals surface area (Å²) in [7, 11) is 1.78. The SMILES string of the molecule is Cn1nnc(CN2CCC(n3ccc(N)n3)CC2)n1. The van der Waals surface area contributed by atoms with Gasteiger partial charge in [0, 0.05) is 19.3 Å². The zero-order valence-corrected chi connectivity index (χ0v) is 11.0. The van der Waals surface area contributed by atoms with Crippen molar-refractivity contribution in [2.75, 3.05) is 18.8 Å². The molecule has 0 saturated carbocycles. The highest BCUT2D eigenvalue weighted by atomic mass is 15.6. The van der Waals surface area contributed by atoms with Gasteiger partial charge in [0.25, 0.3) is 0 Å². The van der Waals surface area contributed by atoms with E-state index >= 15 is 0 Å². The lowest BCUT2D eigenvalue weighted by atomic mass is 10.1. The molecule has 8 nitrogen and oxygen atoms in total. The van der Waals surface area contributed by atoms with Gasteiger partial charge >= 0.3 is 0 Å². The van der Waals surface area contributed by atoms with Gasteiger partial charge in [-0.3, -0.25) is 9.58 Å². The molecule has 2 aromatic heterocycles. The van der Waals surface area contributed by atoms with Crippen LogP contribution in [-0.2, 0) is 13.6 Å². The first kappa shape index (κ1) is 12.1. The molecule has 0 bridgehead atoms. The molecular formula is C11H18N8. The first-order valence-electron chi connectivity index (χ1n) is 6.46. The molecule has 3 heterocycles. The van der Waals surface area contributed by atoms with E-state index in [2.05, 4.69) is 25.4 Å². The highest BCUT2D eigenvalue weighted by Crippen LogP contribution is 2.22. The van der Waals surface area contributed by atoms with Crippen molar-refractivity contribution in [1.29, 1.82) is 0 Å². The van der Waals surface area contributed by atoms with E-state index in [-0.39, 0.29) is 0 Å². The maximum Gasteiger partial charge on any atom is 0.188 e. The average Bonchev–Trinajstić information content (AvgIpc) is 3.00. The van der Waals surface area contributed by atoms with Crippen LogP contribution in [0.4, 0.5) is 5.82 Å². The topological polar surface area (TPSA) is 90.7 Å². The van der Waals surface area contributed by atoms with Crippen molar-refractivity contribution in [3.63, 3.8) is 0 Å². The molecule has 19 heavy (non-hydrogen) atoms. The summed E-state index contributed by atoms with van der Waals surface area (Å²) < 4.78 is 1.98. The third kappa shape index (κ3) is 2.73. The fourth-order valence-electron chi connectivity index (χ4n) is 2.48. The van der Waals surface area contributed by atoms with Gasteiger partial charge in [-0.1, -0.05) is 0 Å². The Morgan fingerprint density at radius 2 is 2.11 bits per heavy atom. The second-order valence-electron chi connectivity index (χ2n) is 4.92. The van der Waals surface area contributed by atoms with Gasteiger partial charge in [0.15, 0.2) is 5.82 Å². The molecule has 1 fully saturated rings. The molecule has 0 aliphatic carbocycles. The van der Waals surface area contributed by atoms with E-state index in [1.807, 2.05) is 16.9 Å². The minimum Gasteiger partial charge on any atom is -0.382 e. The van der Waals surface area contributed by atoms with Gasteiger partial charge in [-0.2, -0.15) is 9.90 Å². The predicted molar refractivity (Wildman–Crippen MR) is 69.0 cm³/mol. The van der Waals surface area contributed by atoms with E-state index in [1.165, 1.54) is 4.80 Å². The molecule has 0 unspecified atom stereocenters. The van der Waals surface area contributed by atoms with E-state index in [1.54, 1.807) is 7.05 Å². The molecule has 0 amide bonds. The molecule has 0 radical (unpaired) electrons. The van der Waals surface area contributed by atoms with Gasteiger partial charge in [-0.05, 0) is 24.1 Å². The van der Waals surface area contributed by atoms with Crippen LogP contribution >= 0.6 is 0 Å². The lowest BCUT2D eigenvalue weighted by Gasteiger charge is -2.31. The van der Waals surface area contributed by atoms with Crippen molar-refractivity contribution in [2.24, 2.45) is 7.05 Å². The fourth-order valence-corrected chi connectivity index (χ4v) is 2.48. The Morgan fingerprint density at radius 1 is 1.32 bits per heavy atom. The number of nitrogen functional groups attached to an aromatic ring is 1. The molecule has 1 aliphatic rings. The highest BCUT2D eigenvalue weighted by molar-refractivity contribution is 5.24. The number of anilines is 1. The van der Waals surface area contributed by atoms with E-state index < -0.39 is 0 Å². The summed E-state index contributed by atoms with van der Waals surface area (Å²) in [4.78, 5) is 3.84. The van der Waals surface area contributed by atoms with Crippen LogP contribution in [0.15, 0.2) is 12.3 Å². The van der Waals surface area contributed by atoms with Crippen LogP contribution in [0, 0.1) is 0 Å². The number of piperidine rings is 1. The molecule has 1 aliphatic heterocycles. The molecule has 0 aromatic carbocycles. The van der Waals surface area contributed by atoms with Gasteiger partial charge in [0.2, 0.25) is 0 Å². The summed E-state index contributed by atoms with van der Waals surface area (Å²) in [6.45, 7) is 2.80. The van der Waals surface area contributed by atoms with Crippen LogP contribution in [0.3, 0.4) is 0 Å². The first-order valence-corrected chi connectivity index (χ1v) is 6.46. The van der Waals surface area contributed by atoms with Crippen LogP contribution in [0.2, 0.25) is 0 Å². The standard InChI is InChI=1S/C11H18N8/c1-17-15-11(13-16-17)8-18-5-2-9(3-6-18)19-7-4-10(12)14-19/h4,7,9H,2-3,5-6,8H2,1H3,(H2,12,14). The van der Waals surface area contributed by atoms with E-state index in [4.69, 9.17) is 5.73 Å². The predicted octanol–water partition coefficient (Wildman–Crippen LogP) is -0.174. The van der Waals surface area contributed by atoms with Crippen LogP contribution in [0.25, 0.3) is 0 Å². The normalized spacial score (nSPS) is 17.9. The first-order chi connectivity index (χ1) is 9.20. The monoisotopic (exact) mass is 262 g/mol. The van der Waals surface area contributed by atoms with E-state index in [9.17, 15) is 0 Å². The Morgan fingerprint density at radius 3 is 2.68 bits per heavy atom. The van der Waals surface area contributed by atoms with Crippen LogP contribution < -0.4 is 5.73 Å². The second kappa shape index (κ2) is 4.96. The average molecular weight is 262 g/mol. The summed E-state index contributed by atoms with van der Waals surface area (Å²) in [6.07, 6.45) is 4.10. The van der Waals surface area contributed by atoms with Crippen LogP contribution in [0.5, 0.6) is 0 Å². The van der Waals surface area contributed by atoms with Crippen molar-refractivity contribution in [3.8, 4) is 0 Å². The Balaban J connectivity index is 1.54. The molecule has 8 heteroatoms. The number of hydrogen-bond donors (Lipinski definition) is 1. The molecule has 2 aromatic rings. The minimum atomic E-state index is 0.448. The van der Waals surface area contributed by atoms with Gasteiger partial charge in [0.1, 0.15) is 5.82 Å². The van der Waals surface area contributed by atoms with Gasteiger partial charge in [0.05, 0.1) is 19.6 Å². The molecule has 0 atom stereocenters. The Labute approximate surface area is 111 Å².